The van der Waals surface area contributed by atoms with Crippen LogP contribution in [0.25, 0.3) is 0 Å². The van der Waals surface area contributed by atoms with Crippen molar-refractivity contribution < 1.29 is 26.3 Å². The molecule has 1 heterocycles. The predicted molar refractivity (Wildman–Crippen MR) is 56.4 cm³/mol. The highest BCUT2D eigenvalue weighted by atomic mass is 19.4. The van der Waals surface area contributed by atoms with Gasteiger partial charge < -0.3 is 0 Å². The van der Waals surface area contributed by atoms with Gasteiger partial charge in [-0.1, -0.05) is 13.0 Å². The molecule has 1 unspecified atom stereocenters. The summed E-state index contributed by atoms with van der Waals surface area (Å²) < 4.78 is 77.1. The summed E-state index contributed by atoms with van der Waals surface area (Å²) in [6.07, 6.45) is -8.54. The zero-order chi connectivity index (χ0) is 15.0. The summed E-state index contributed by atoms with van der Waals surface area (Å²) in [4.78, 5) is 0. The van der Waals surface area contributed by atoms with Crippen molar-refractivity contribution in [1.82, 2.24) is 9.78 Å². The number of nitrogens with zero attached hydrogens (tertiary/aromatic N) is 2. The van der Waals surface area contributed by atoms with Crippen molar-refractivity contribution in [2.45, 2.75) is 31.6 Å². The summed E-state index contributed by atoms with van der Waals surface area (Å²) in [6.45, 7) is 4.61. The Morgan fingerprint density at radius 3 is 2.11 bits per heavy atom. The molecule has 108 valence electrons. The van der Waals surface area contributed by atoms with Crippen molar-refractivity contribution in [2.75, 3.05) is 0 Å². The quantitative estimate of drug-likeness (QED) is 0.603. The fourth-order valence-electron chi connectivity index (χ4n) is 1.92. The minimum absolute atomic E-state index is 0.00213. The molecule has 8 heteroatoms. The van der Waals surface area contributed by atoms with Crippen molar-refractivity contribution in [3.8, 4) is 0 Å². The number of aromatic nitrogens is 2. The predicted octanol–water partition coefficient (Wildman–Crippen LogP) is 4.14. The van der Waals surface area contributed by atoms with Crippen LogP contribution in [0.15, 0.2) is 12.7 Å². The molecule has 0 bridgehead atoms. The van der Waals surface area contributed by atoms with Gasteiger partial charge in [0, 0.05) is 12.6 Å². The molecule has 0 N–H and O–H groups in total. The van der Waals surface area contributed by atoms with Crippen LogP contribution < -0.4 is 0 Å². The molecule has 19 heavy (non-hydrogen) atoms. The summed E-state index contributed by atoms with van der Waals surface area (Å²) in [7, 11) is 0.849. The van der Waals surface area contributed by atoms with Gasteiger partial charge in [-0.25, -0.2) is 0 Å². The Morgan fingerprint density at radius 2 is 1.74 bits per heavy atom. The van der Waals surface area contributed by atoms with Gasteiger partial charge in [0.1, 0.15) is 5.69 Å². The second-order valence-corrected chi connectivity index (χ2v) is 4.16. The van der Waals surface area contributed by atoms with Crippen molar-refractivity contribution >= 4 is 0 Å². The number of hydrogen-bond donors (Lipinski definition) is 0. The van der Waals surface area contributed by atoms with Gasteiger partial charge >= 0.3 is 12.4 Å². The van der Waals surface area contributed by atoms with Gasteiger partial charge in [0.05, 0.1) is 0 Å². The number of aryl methyl sites for hydroxylation is 1. The average Bonchev–Trinajstić information content (AvgIpc) is 2.55. The topological polar surface area (TPSA) is 17.8 Å². The molecule has 0 spiro atoms. The van der Waals surface area contributed by atoms with E-state index in [1.807, 2.05) is 0 Å². The lowest BCUT2D eigenvalue weighted by atomic mass is 9.94. The second kappa shape index (κ2) is 4.90. The smallest absolute Gasteiger partial charge is 0.263 e. The molecule has 0 amide bonds. The molecule has 0 fully saturated rings. The zero-order valence-electron chi connectivity index (χ0n) is 10.2. The molecule has 0 saturated heterocycles. The van der Waals surface area contributed by atoms with Crippen molar-refractivity contribution in [2.24, 2.45) is 7.05 Å². The molecule has 0 aromatic carbocycles. The third-order valence-electron chi connectivity index (χ3n) is 2.63. The Kier molecular flexibility index (Phi) is 4.02. The van der Waals surface area contributed by atoms with Crippen molar-refractivity contribution in [3.63, 3.8) is 0 Å². The third kappa shape index (κ3) is 3.10. The Labute approximate surface area is 105 Å². The first-order chi connectivity index (χ1) is 8.50. The van der Waals surface area contributed by atoms with Crippen LogP contribution in [0.4, 0.5) is 26.3 Å². The highest BCUT2D eigenvalue weighted by molar-refractivity contribution is 5.34. The molecular formula is C11H12F6N2. The first-order valence-corrected chi connectivity index (χ1v) is 5.32. The first-order valence-electron chi connectivity index (χ1n) is 5.32. The van der Waals surface area contributed by atoms with Crippen LogP contribution in [0.2, 0.25) is 0 Å². The van der Waals surface area contributed by atoms with E-state index in [0.29, 0.717) is 0 Å². The molecule has 1 aromatic rings. The summed E-state index contributed by atoms with van der Waals surface area (Å²) in [5.41, 5.74) is -3.69. The van der Waals surface area contributed by atoms with Gasteiger partial charge in [0.2, 0.25) is 0 Å². The van der Waals surface area contributed by atoms with Gasteiger partial charge in [-0.3, -0.25) is 4.68 Å². The highest BCUT2D eigenvalue weighted by Gasteiger charge is 2.46. The maximum atomic E-state index is 12.9. The van der Waals surface area contributed by atoms with Gasteiger partial charge in [0.15, 0.2) is 5.69 Å². The Balaban J connectivity index is 3.56. The highest BCUT2D eigenvalue weighted by Crippen LogP contribution is 2.42. The van der Waals surface area contributed by atoms with Crippen molar-refractivity contribution in [1.29, 1.82) is 0 Å². The molecule has 2 nitrogen and oxygen atoms in total. The van der Waals surface area contributed by atoms with E-state index < -0.39 is 35.2 Å². The monoisotopic (exact) mass is 286 g/mol. The van der Waals surface area contributed by atoms with Crippen LogP contribution in [0.5, 0.6) is 0 Å². The Hall–Kier alpha value is -1.47. The molecule has 1 aromatic heterocycles. The molecule has 0 saturated carbocycles. The zero-order valence-corrected chi connectivity index (χ0v) is 10.2. The number of alkyl halides is 6. The van der Waals surface area contributed by atoms with Gasteiger partial charge in [-0.15, -0.1) is 6.58 Å². The van der Waals surface area contributed by atoms with E-state index in [0.717, 1.165) is 7.05 Å². The fourth-order valence-corrected chi connectivity index (χ4v) is 1.92. The normalized spacial score (nSPS) is 14.5. The van der Waals surface area contributed by atoms with Crippen LogP contribution in [-0.2, 0) is 19.4 Å². The number of rotatable bonds is 3. The van der Waals surface area contributed by atoms with E-state index in [-0.39, 0.29) is 11.1 Å². The lowest BCUT2D eigenvalue weighted by Gasteiger charge is -2.15. The number of allylic oxidation sites excluding steroid dienone is 1. The fraction of sp³-hybridized carbons (Fsp3) is 0.545. The molecule has 0 aliphatic rings. The van der Waals surface area contributed by atoms with E-state index in [1.54, 1.807) is 0 Å². The number of halogens is 6. The molecule has 0 radical (unpaired) electrons. The summed E-state index contributed by atoms with van der Waals surface area (Å²) in [5, 5.41) is 2.99. The maximum absolute atomic E-state index is 12.9. The van der Waals surface area contributed by atoms with Crippen LogP contribution in [0.3, 0.4) is 0 Å². The third-order valence-corrected chi connectivity index (χ3v) is 2.63. The molecule has 0 aliphatic heterocycles. The Morgan fingerprint density at radius 1 is 1.21 bits per heavy atom. The SMILES string of the molecule is C=CCC(C)c1c(C(F)(F)F)nn(C)c1C(F)(F)F. The minimum atomic E-state index is -4.92. The maximum Gasteiger partial charge on any atom is 0.435 e. The average molecular weight is 286 g/mol. The van der Waals surface area contributed by atoms with Crippen molar-refractivity contribution in [3.05, 3.63) is 29.6 Å². The van der Waals surface area contributed by atoms with E-state index >= 15 is 0 Å². The summed E-state index contributed by atoms with van der Waals surface area (Å²) in [5.74, 6) is -0.973. The number of hydrogen-bond acceptors (Lipinski definition) is 1. The van der Waals surface area contributed by atoms with E-state index in [2.05, 4.69) is 11.7 Å². The van der Waals surface area contributed by atoms with Gasteiger partial charge in [-0.2, -0.15) is 31.4 Å². The van der Waals surface area contributed by atoms with Crippen LogP contribution in [0, 0.1) is 0 Å². The van der Waals surface area contributed by atoms with E-state index in [9.17, 15) is 26.3 Å². The lowest BCUT2D eigenvalue weighted by molar-refractivity contribution is -0.145. The largest absolute Gasteiger partial charge is 0.435 e. The second-order valence-electron chi connectivity index (χ2n) is 4.16. The van der Waals surface area contributed by atoms with E-state index in [1.165, 1.54) is 13.0 Å². The molecule has 0 aliphatic carbocycles. The standard InChI is InChI=1S/C11H12F6N2/c1-4-5-6(2)7-8(10(12,13)14)18-19(3)9(7)11(15,16)17/h4,6H,1,5H2,2-3H3. The van der Waals surface area contributed by atoms with E-state index in [4.69, 9.17) is 0 Å². The molecular weight excluding hydrogens is 274 g/mol. The first kappa shape index (κ1) is 15.6. The van der Waals surface area contributed by atoms with Gasteiger partial charge in [0.25, 0.3) is 0 Å². The molecule has 1 rings (SSSR count). The van der Waals surface area contributed by atoms with Crippen LogP contribution >= 0.6 is 0 Å². The van der Waals surface area contributed by atoms with Gasteiger partial charge in [-0.05, 0) is 12.3 Å². The van der Waals surface area contributed by atoms with Crippen LogP contribution in [-0.4, -0.2) is 9.78 Å². The van der Waals surface area contributed by atoms with Crippen LogP contribution in [0.1, 0.15) is 36.2 Å². The minimum Gasteiger partial charge on any atom is -0.263 e. The summed E-state index contributed by atoms with van der Waals surface area (Å²) in [6, 6.07) is 0. The summed E-state index contributed by atoms with van der Waals surface area (Å²) >= 11 is 0. The Bertz CT molecular complexity index is 469. The lowest BCUT2D eigenvalue weighted by Crippen LogP contribution is -2.16. The molecule has 1 atom stereocenters.